The first-order chi connectivity index (χ1) is 9.89. The summed E-state index contributed by atoms with van der Waals surface area (Å²) in [5.41, 5.74) is 4.47. The summed E-state index contributed by atoms with van der Waals surface area (Å²) in [5.74, 6) is 0. The SMILES string of the molecule is Cc1ccc(S(=O)(=O)n2cnc3cc(C)c(C)cc32)cc1. The molecule has 108 valence electrons. The zero-order chi connectivity index (χ0) is 15.2. The number of nitrogens with zero attached hydrogens (tertiary/aromatic N) is 2. The Morgan fingerprint density at radius 1 is 0.952 bits per heavy atom. The second kappa shape index (κ2) is 4.70. The van der Waals surface area contributed by atoms with Crippen LogP contribution in [0.25, 0.3) is 11.0 Å². The quantitative estimate of drug-likeness (QED) is 0.730. The number of hydrogen-bond acceptors (Lipinski definition) is 3. The second-order valence-electron chi connectivity index (χ2n) is 5.28. The smallest absolute Gasteiger partial charge is 0.236 e. The first-order valence-corrected chi connectivity index (χ1v) is 8.10. The van der Waals surface area contributed by atoms with Crippen molar-refractivity contribution in [1.29, 1.82) is 0 Å². The first-order valence-electron chi connectivity index (χ1n) is 6.66. The van der Waals surface area contributed by atoms with Crippen LogP contribution < -0.4 is 0 Å². The van der Waals surface area contributed by atoms with Crippen LogP contribution in [0.1, 0.15) is 16.7 Å². The number of fused-ring (bicyclic) bond motifs is 1. The molecule has 21 heavy (non-hydrogen) atoms. The Morgan fingerprint density at radius 3 is 2.24 bits per heavy atom. The summed E-state index contributed by atoms with van der Waals surface area (Å²) >= 11 is 0. The van der Waals surface area contributed by atoms with E-state index in [0.717, 1.165) is 16.7 Å². The Morgan fingerprint density at radius 2 is 1.57 bits per heavy atom. The lowest BCUT2D eigenvalue weighted by molar-refractivity contribution is 0.588. The van der Waals surface area contributed by atoms with Crippen LogP contribution >= 0.6 is 0 Å². The standard InChI is InChI=1S/C16H16N2O2S/c1-11-4-6-14(7-5-11)21(19,20)18-10-17-15-8-12(2)13(3)9-16(15)18/h4-10H,1-3H3. The van der Waals surface area contributed by atoms with Gasteiger partial charge in [-0.1, -0.05) is 17.7 Å². The van der Waals surface area contributed by atoms with E-state index < -0.39 is 10.0 Å². The van der Waals surface area contributed by atoms with Gasteiger partial charge in [0.05, 0.1) is 15.9 Å². The predicted molar refractivity (Wildman–Crippen MR) is 83.0 cm³/mol. The fourth-order valence-corrected chi connectivity index (χ4v) is 3.54. The minimum absolute atomic E-state index is 0.269. The molecule has 0 aliphatic carbocycles. The van der Waals surface area contributed by atoms with Gasteiger partial charge < -0.3 is 0 Å². The zero-order valence-corrected chi connectivity index (χ0v) is 13.0. The molecule has 5 heteroatoms. The van der Waals surface area contributed by atoms with Crippen LogP contribution in [0.15, 0.2) is 47.6 Å². The third kappa shape index (κ3) is 2.23. The summed E-state index contributed by atoms with van der Waals surface area (Å²) < 4.78 is 26.7. The van der Waals surface area contributed by atoms with Gasteiger partial charge in [-0.2, -0.15) is 0 Å². The van der Waals surface area contributed by atoms with E-state index in [1.807, 2.05) is 32.9 Å². The van der Waals surface area contributed by atoms with Crippen LogP contribution in [0, 0.1) is 20.8 Å². The first kappa shape index (κ1) is 13.8. The molecule has 0 N–H and O–H groups in total. The highest BCUT2D eigenvalue weighted by Gasteiger charge is 2.19. The molecular weight excluding hydrogens is 284 g/mol. The number of rotatable bonds is 2. The third-order valence-electron chi connectivity index (χ3n) is 3.71. The molecule has 0 spiro atoms. The fourth-order valence-electron chi connectivity index (χ4n) is 2.26. The van der Waals surface area contributed by atoms with E-state index in [9.17, 15) is 8.42 Å². The molecule has 0 aliphatic rings. The zero-order valence-electron chi connectivity index (χ0n) is 12.2. The van der Waals surface area contributed by atoms with E-state index in [1.165, 1.54) is 10.3 Å². The Kier molecular flexibility index (Phi) is 3.10. The molecule has 0 aliphatic heterocycles. The summed E-state index contributed by atoms with van der Waals surface area (Å²) in [4.78, 5) is 4.48. The van der Waals surface area contributed by atoms with Gasteiger partial charge >= 0.3 is 0 Å². The van der Waals surface area contributed by atoms with Crippen molar-refractivity contribution in [3.05, 3.63) is 59.4 Å². The highest BCUT2D eigenvalue weighted by atomic mass is 32.2. The Bertz CT molecular complexity index is 923. The van der Waals surface area contributed by atoms with Gasteiger partial charge in [-0.25, -0.2) is 17.4 Å². The Labute approximate surface area is 124 Å². The predicted octanol–water partition coefficient (Wildman–Crippen LogP) is 3.20. The molecule has 0 bridgehead atoms. The topological polar surface area (TPSA) is 52.0 Å². The van der Waals surface area contributed by atoms with E-state index in [1.54, 1.807) is 24.3 Å². The highest BCUT2D eigenvalue weighted by molar-refractivity contribution is 7.90. The summed E-state index contributed by atoms with van der Waals surface area (Å²) in [7, 11) is -3.61. The van der Waals surface area contributed by atoms with Crippen molar-refractivity contribution in [3.8, 4) is 0 Å². The van der Waals surface area contributed by atoms with Crippen LogP contribution in [-0.2, 0) is 10.0 Å². The van der Waals surface area contributed by atoms with Crippen molar-refractivity contribution in [2.75, 3.05) is 0 Å². The van der Waals surface area contributed by atoms with Gasteiger partial charge in [0.25, 0.3) is 10.0 Å². The minimum atomic E-state index is -3.61. The lowest BCUT2D eigenvalue weighted by Gasteiger charge is -2.08. The summed E-state index contributed by atoms with van der Waals surface area (Å²) in [6, 6.07) is 10.6. The molecule has 0 atom stereocenters. The van der Waals surface area contributed by atoms with Crippen LogP contribution in [0.3, 0.4) is 0 Å². The lowest BCUT2D eigenvalue weighted by atomic mass is 10.1. The van der Waals surface area contributed by atoms with Crippen LogP contribution in [0.2, 0.25) is 0 Å². The maximum atomic E-state index is 12.7. The fraction of sp³-hybridized carbons (Fsp3) is 0.188. The number of aryl methyl sites for hydroxylation is 3. The molecule has 0 fully saturated rings. The van der Waals surface area contributed by atoms with Gasteiger partial charge in [0.15, 0.2) is 0 Å². The summed E-state index contributed by atoms with van der Waals surface area (Å²) in [5, 5.41) is 0. The Hall–Kier alpha value is -2.14. The van der Waals surface area contributed by atoms with Crippen LogP contribution in [0.4, 0.5) is 0 Å². The Balaban J connectivity index is 2.24. The number of benzene rings is 2. The van der Waals surface area contributed by atoms with Crippen molar-refractivity contribution in [3.63, 3.8) is 0 Å². The molecule has 0 radical (unpaired) electrons. The van der Waals surface area contributed by atoms with Gasteiger partial charge in [0, 0.05) is 0 Å². The monoisotopic (exact) mass is 300 g/mol. The van der Waals surface area contributed by atoms with Crippen LogP contribution in [0.5, 0.6) is 0 Å². The number of aromatic nitrogens is 2. The maximum Gasteiger partial charge on any atom is 0.269 e. The van der Waals surface area contributed by atoms with Gasteiger partial charge in [-0.3, -0.25) is 0 Å². The van der Waals surface area contributed by atoms with Crippen molar-refractivity contribution in [1.82, 2.24) is 8.96 Å². The van der Waals surface area contributed by atoms with Crippen molar-refractivity contribution >= 4 is 21.1 Å². The second-order valence-corrected chi connectivity index (χ2v) is 7.10. The summed E-state index contributed by atoms with van der Waals surface area (Å²) in [6.07, 6.45) is 1.37. The molecule has 0 amide bonds. The maximum absolute atomic E-state index is 12.7. The molecule has 1 aromatic heterocycles. The van der Waals surface area contributed by atoms with Gasteiger partial charge in [0.2, 0.25) is 0 Å². The van der Waals surface area contributed by atoms with Crippen molar-refractivity contribution < 1.29 is 8.42 Å². The van der Waals surface area contributed by atoms with Crippen molar-refractivity contribution in [2.24, 2.45) is 0 Å². The van der Waals surface area contributed by atoms with E-state index in [4.69, 9.17) is 0 Å². The van der Waals surface area contributed by atoms with E-state index in [2.05, 4.69) is 4.98 Å². The van der Waals surface area contributed by atoms with Gasteiger partial charge in [-0.05, 0) is 56.2 Å². The minimum Gasteiger partial charge on any atom is -0.236 e. The lowest BCUT2D eigenvalue weighted by Crippen LogP contribution is -2.11. The number of hydrogen-bond donors (Lipinski definition) is 0. The molecule has 0 unspecified atom stereocenters. The molecule has 4 nitrogen and oxygen atoms in total. The van der Waals surface area contributed by atoms with Crippen LogP contribution in [-0.4, -0.2) is 17.4 Å². The van der Waals surface area contributed by atoms with E-state index in [-0.39, 0.29) is 4.90 Å². The van der Waals surface area contributed by atoms with Gasteiger partial charge in [0.1, 0.15) is 6.33 Å². The molecule has 3 rings (SSSR count). The molecular formula is C16H16N2O2S. The van der Waals surface area contributed by atoms with E-state index >= 15 is 0 Å². The molecule has 3 aromatic rings. The van der Waals surface area contributed by atoms with Crippen molar-refractivity contribution in [2.45, 2.75) is 25.7 Å². The average molecular weight is 300 g/mol. The highest BCUT2D eigenvalue weighted by Crippen LogP contribution is 2.23. The normalized spacial score (nSPS) is 12.0. The molecule has 1 heterocycles. The third-order valence-corrected chi connectivity index (χ3v) is 5.38. The van der Waals surface area contributed by atoms with E-state index in [0.29, 0.717) is 11.0 Å². The molecule has 2 aromatic carbocycles. The van der Waals surface area contributed by atoms with Gasteiger partial charge in [-0.15, -0.1) is 0 Å². The summed E-state index contributed by atoms with van der Waals surface area (Å²) in [6.45, 7) is 5.88. The molecule has 0 saturated heterocycles. The largest absolute Gasteiger partial charge is 0.269 e. The number of imidazole rings is 1. The average Bonchev–Trinajstić information content (AvgIpc) is 2.83. The molecule has 0 saturated carbocycles.